The lowest BCUT2D eigenvalue weighted by Crippen LogP contribution is -2.40. The smallest absolute Gasteiger partial charge is 0.223 e. The lowest BCUT2D eigenvalue weighted by atomic mass is 9.76. The van der Waals surface area contributed by atoms with Crippen molar-refractivity contribution < 1.29 is 19.8 Å². The van der Waals surface area contributed by atoms with E-state index in [9.17, 15) is 9.59 Å². The molecule has 0 spiro atoms. The van der Waals surface area contributed by atoms with Crippen molar-refractivity contribution in [3.05, 3.63) is 0 Å². The second kappa shape index (κ2) is 7.24. The van der Waals surface area contributed by atoms with Crippen LogP contribution in [0.3, 0.4) is 0 Å². The first-order valence-electron chi connectivity index (χ1n) is 5.61. The van der Waals surface area contributed by atoms with Crippen LogP contribution in [0.5, 0.6) is 0 Å². The third-order valence-corrected chi connectivity index (χ3v) is 3.02. The molecule has 0 rings (SSSR count). The molecule has 0 saturated heterocycles. The van der Waals surface area contributed by atoms with E-state index in [1.165, 1.54) is 4.90 Å². The van der Waals surface area contributed by atoms with Crippen LogP contribution >= 0.6 is 0 Å². The average Bonchev–Trinajstić information content (AvgIpc) is 2.25. The van der Waals surface area contributed by atoms with Crippen LogP contribution in [0.1, 0.15) is 25.7 Å². The zero-order valence-corrected chi connectivity index (χ0v) is 10.5. The van der Waals surface area contributed by atoms with Gasteiger partial charge in [0.15, 0.2) is 0 Å². The second-order valence-corrected chi connectivity index (χ2v) is 4.38. The molecule has 17 heavy (non-hydrogen) atoms. The van der Waals surface area contributed by atoms with E-state index in [-0.39, 0.29) is 44.8 Å². The van der Waals surface area contributed by atoms with E-state index in [2.05, 4.69) is 0 Å². The van der Waals surface area contributed by atoms with Crippen molar-refractivity contribution in [3.63, 3.8) is 0 Å². The lowest BCUT2D eigenvalue weighted by molar-refractivity contribution is -0.133. The van der Waals surface area contributed by atoms with Gasteiger partial charge in [-0.05, 0) is 19.3 Å². The van der Waals surface area contributed by atoms with Gasteiger partial charge in [0.25, 0.3) is 0 Å². The molecule has 0 unspecified atom stereocenters. The molecule has 0 aromatic heterocycles. The van der Waals surface area contributed by atoms with Crippen molar-refractivity contribution in [1.29, 1.82) is 0 Å². The number of carbonyl (C=O) groups excluding carboxylic acids is 2. The molecule has 0 aliphatic heterocycles. The number of amides is 2. The summed E-state index contributed by atoms with van der Waals surface area (Å²) in [6, 6.07) is 0. The highest BCUT2D eigenvalue weighted by atomic mass is 16.3. The predicted molar refractivity (Wildman–Crippen MR) is 63.0 cm³/mol. The van der Waals surface area contributed by atoms with Gasteiger partial charge in [-0.2, -0.15) is 0 Å². The average molecular weight is 246 g/mol. The van der Waals surface area contributed by atoms with Crippen molar-refractivity contribution >= 4 is 11.8 Å². The monoisotopic (exact) mass is 246 g/mol. The Kier molecular flexibility index (Phi) is 6.75. The second-order valence-electron chi connectivity index (χ2n) is 4.38. The van der Waals surface area contributed by atoms with Crippen LogP contribution in [0.4, 0.5) is 0 Å². The fraction of sp³-hybridized carbons (Fsp3) is 0.818. The third-order valence-electron chi connectivity index (χ3n) is 3.02. The summed E-state index contributed by atoms with van der Waals surface area (Å²) in [5.74, 6) is -0.682. The summed E-state index contributed by atoms with van der Waals surface area (Å²) in [5, 5.41) is 17.9. The summed E-state index contributed by atoms with van der Waals surface area (Å²) in [6.07, 6.45) is 0.767. The summed E-state index contributed by atoms with van der Waals surface area (Å²) in [7, 11) is 3.26. The van der Waals surface area contributed by atoms with E-state index >= 15 is 0 Å². The number of rotatable bonds is 8. The number of primary amides is 1. The molecule has 0 aromatic carbocycles. The van der Waals surface area contributed by atoms with Gasteiger partial charge in [-0.15, -0.1) is 0 Å². The molecule has 4 N–H and O–H groups in total. The van der Waals surface area contributed by atoms with E-state index < -0.39 is 11.3 Å². The lowest BCUT2D eigenvalue weighted by Gasteiger charge is -2.29. The Morgan fingerprint density at radius 1 is 1.12 bits per heavy atom. The van der Waals surface area contributed by atoms with Crippen LogP contribution in [-0.4, -0.2) is 54.2 Å². The molecule has 0 atom stereocenters. The topological polar surface area (TPSA) is 104 Å². The molecule has 0 radical (unpaired) electrons. The maximum absolute atomic E-state index is 11.5. The van der Waals surface area contributed by atoms with Crippen molar-refractivity contribution in [3.8, 4) is 0 Å². The third kappa shape index (κ3) is 4.70. The largest absolute Gasteiger partial charge is 0.396 e. The molecular weight excluding hydrogens is 224 g/mol. The standard InChI is InChI=1S/C11H22N2O4/c1-13(2)9(16)3-4-11(5-7-14,6-8-15)10(12)17/h14-15H,3-8H2,1-2H3,(H2,12,17). The summed E-state index contributed by atoms with van der Waals surface area (Å²) in [5.41, 5.74) is 4.33. The molecule has 6 heteroatoms. The predicted octanol–water partition coefficient (Wildman–Crippen LogP) is -0.909. The number of hydrogen-bond acceptors (Lipinski definition) is 4. The normalized spacial score (nSPS) is 11.3. The minimum absolute atomic E-state index is 0.105. The van der Waals surface area contributed by atoms with Gasteiger partial charge >= 0.3 is 0 Å². The molecule has 0 fully saturated rings. The highest BCUT2D eigenvalue weighted by Gasteiger charge is 2.35. The maximum Gasteiger partial charge on any atom is 0.223 e. The van der Waals surface area contributed by atoms with Crippen LogP contribution in [-0.2, 0) is 9.59 Å². The Balaban J connectivity index is 4.67. The molecule has 0 aliphatic carbocycles. The number of hydrogen-bond donors (Lipinski definition) is 3. The summed E-state index contributed by atoms with van der Waals surface area (Å²) in [4.78, 5) is 24.4. The first-order valence-corrected chi connectivity index (χ1v) is 5.61. The quantitative estimate of drug-likeness (QED) is 0.516. The van der Waals surface area contributed by atoms with Gasteiger partial charge in [-0.1, -0.05) is 0 Å². The fourth-order valence-corrected chi connectivity index (χ4v) is 1.74. The number of carbonyl (C=O) groups is 2. The minimum Gasteiger partial charge on any atom is -0.396 e. The maximum atomic E-state index is 11.5. The van der Waals surface area contributed by atoms with E-state index in [0.717, 1.165) is 0 Å². The molecule has 100 valence electrons. The Bertz CT molecular complexity index is 260. The van der Waals surface area contributed by atoms with E-state index in [1.54, 1.807) is 14.1 Å². The summed E-state index contributed by atoms with van der Waals surface area (Å²) < 4.78 is 0. The van der Waals surface area contributed by atoms with Crippen LogP contribution in [0, 0.1) is 5.41 Å². The Hall–Kier alpha value is -1.14. The molecule has 0 heterocycles. The van der Waals surface area contributed by atoms with E-state index in [0.29, 0.717) is 0 Å². The minimum atomic E-state index is -0.991. The number of aliphatic hydroxyl groups is 2. The molecule has 0 aromatic rings. The van der Waals surface area contributed by atoms with Crippen LogP contribution in [0.15, 0.2) is 0 Å². The SMILES string of the molecule is CN(C)C(=O)CCC(CCO)(CCO)C(N)=O. The molecule has 0 aliphatic rings. The van der Waals surface area contributed by atoms with Crippen molar-refractivity contribution in [2.45, 2.75) is 25.7 Å². The first-order chi connectivity index (χ1) is 7.89. The summed E-state index contributed by atoms with van der Waals surface area (Å²) in [6.45, 7) is -0.391. The highest BCUT2D eigenvalue weighted by molar-refractivity contribution is 5.82. The van der Waals surface area contributed by atoms with Gasteiger partial charge in [-0.25, -0.2) is 0 Å². The van der Waals surface area contributed by atoms with Gasteiger partial charge in [0.1, 0.15) is 0 Å². The van der Waals surface area contributed by atoms with Gasteiger partial charge < -0.3 is 20.8 Å². The van der Waals surface area contributed by atoms with Gasteiger partial charge in [0.2, 0.25) is 11.8 Å². The van der Waals surface area contributed by atoms with Gasteiger partial charge in [0.05, 0.1) is 5.41 Å². The van der Waals surface area contributed by atoms with E-state index in [1.807, 2.05) is 0 Å². The zero-order valence-electron chi connectivity index (χ0n) is 10.5. The molecule has 6 nitrogen and oxygen atoms in total. The summed E-state index contributed by atoms with van der Waals surface area (Å²) >= 11 is 0. The highest BCUT2D eigenvalue weighted by Crippen LogP contribution is 2.31. The zero-order chi connectivity index (χ0) is 13.5. The Morgan fingerprint density at radius 3 is 1.88 bits per heavy atom. The molecule has 0 saturated carbocycles. The van der Waals surface area contributed by atoms with Crippen LogP contribution in [0.25, 0.3) is 0 Å². The van der Waals surface area contributed by atoms with Crippen molar-refractivity contribution in [2.24, 2.45) is 11.1 Å². The van der Waals surface area contributed by atoms with Crippen LogP contribution in [0.2, 0.25) is 0 Å². The van der Waals surface area contributed by atoms with Crippen LogP contribution < -0.4 is 5.73 Å². The fourth-order valence-electron chi connectivity index (χ4n) is 1.74. The Morgan fingerprint density at radius 2 is 1.59 bits per heavy atom. The van der Waals surface area contributed by atoms with Crippen molar-refractivity contribution in [2.75, 3.05) is 27.3 Å². The van der Waals surface area contributed by atoms with Gasteiger partial charge in [-0.3, -0.25) is 9.59 Å². The van der Waals surface area contributed by atoms with E-state index in [4.69, 9.17) is 15.9 Å². The molecule has 0 bridgehead atoms. The Labute approximate surface area is 101 Å². The number of nitrogens with two attached hydrogens (primary N) is 1. The van der Waals surface area contributed by atoms with Gasteiger partial charge in [0, 0.05) is 33.7 Å². The number of aliphatic hydroxyl groups excluding tert-OH is 2. The first kappa shape index (κ1) is 15.9. The molecular formula is C11H22N2O4. The molecule has 2 amide bonds. The number of nitrogens with zero attached hydrogens (tertiary/aromatic N) is 1. The van der Waals surface area contributed by atoms with Crippen molar-refractivity contribution in [1.82, 2.24) is 4.90 Å².